The lowest BCUT2D eigenvalue weighted by Crippen LogP contribution is -2.34. The predicted octanol–water partition coefficient (Wildman–Crippen LogP) is 2.40. The molecule has 1 unspecified atom stereocenters. The van der Waals surface area contributed by atoms with Crippen molar-refractivity contribution >= 4 is 27.8 Å². The Bertz CT molecular complexity index is 277. The average Bonchev–Trinajstić information content (AvgIpc) is 2.42. The standard InChI is InChI=1S/C13H22BrNO3/c1-18-13(17)11(14)9-15-12(16)8-7-10-5-3-2-4-6-10/h10-11H,2-9H2,1H3,(H,15,16). The number of hydrogen-bond acceptors (Lipinski definition) is 3. The van der Waals surface area contributed by atoms with Gasteiger partial charge in [0, 0.05) is 13.0 Å². The molecule has 0 aromatic carbocycles. The van der Waals surface area contributed by atoms with E-state index < -0.39 is 4.83 Å². The summed E-state index contributed by atoms with van der Waals surface area (Å²) in [6.07, 6.45) is 8.00. The summed E-state index contributed by atoms with van der Waals surface area (Å²) in [4.78, 5) is 22.3. The highest BCUT2D eigenvalue weighted by molar-refractivity contribution is 9.10. The number of carbonyl (C=O) groups is 2. The van der Waals surface area contributed by atoms with E-state index in [0.29, 0.717) is 12.3 Å². The second kappa shape index (κ2) is 8.51. The Labute approximate surface area is 117 Å². The highest BCUT2D eigenvalue weighted by Gasteiger charge is 2.17. The summed E-state index contributed by atoms with van der Waals surface area (Å²) in [5.74, 6) is 0.376. The summed E-state index contributed by atoms with van der Waals surface area (Å²) in [7, 11) is 1.33. The first-order valence-electron chi connectivity index (χ1n) is 6.62. The fraction of sp³-hybridized carbons (Fsp3) is 0.846. The molecule has 0 heterocycles. The Morgan fingerprint density at radius 1 is 1.33 bits per heavy atom. The molecule has 0 aliphatic heterocycles. The third-order valence-corrected chi connectivity index (χ3v) is 4.14. The van der Waals surface area contributed by atoms with Crippen LogP contribution in [0, 0.1) is 5.92 Å². The van der Waals surface area contributed by atoms with Crippen molar-refractivity contribution in [3.05, 3.63) is 0 Å². The Morgan fingerprint density at radius 2 is 2.00 bits per heavy atom. The van der Waals surface area contributed by atoms with Gasteiger partial charge in [-0.05, 0) is 12.3 Å². The molecule has 1 atom stereocenters. The van der Waals surface area contributed by atoms with E-state index in [-0.39, 0.29) is 18.4 Å². The maximum absolute atomic E-state index is 11.6. The van der Waals surface area contributed by atoms with Crippen molar-refractivity contribution in [1.82, 2.24) is 5.32 Å². The van der Waals surface area contributed by atoms with Crippen molar-refractivity contribution in [3.63, 3.8) is 0 Å². The second-order valence-electron chi connectivity index (χ2n) is 4.84. The molecule has 0 aromatic rings. The van der Waals surface area contributed by atoms with Crippen LogP contribution in [-0.4, -0.2) is 30.4 Å². The van der Waals surface area contributed by atoms with Gasteiger partial charge < -0.3 is 10.1 Å². The van der Waals surface area contributed by atoms with Crippen molar-refractivity contribution in [2.24, 2.45) is 5.92 Å². The largest absolute Gasteiger partial charge is 0.468 e. The molecule has 18 heavy (non-hydrogen) atoms. The van der Waals surface area contributed by atoms with Crippen molar-refractivity contribution < 1.29 is 14.3 Å². The SMILES string of the molecule is COC(=O)C(Br)CNC(=O)CCC1CCCCC1. The summed E-state index contributed by atoms with van der Waals surface area (Å²) in [5.41, 5.74) is 0. The lowest BCUT2D eigenvalue weighted by atomic mass is 9.86. The van der Waals surface area contributed by atoms with Crippen LogP contribution in [0.5, 0.6) is 0 Å². The number of ether oxygens (including phenoxy) is 1. The zero-order valence-electron chi connectivity index (χ0n) is 10.9. The van der Waals surface area contributed by atoms with Crippen LogP contribution in [0.15, 0.2) is 0 Å². The average molecular weight is 320 g/mol. The molecule has 1 amide bonds. The van der Waals surface area contributed by atoms with Gasteiger partial charge in [-0.3, -0.25) is 9.59 Å². The Kier molecular flexibility index (Phi) is 7.32. The van der Waals surface area contributed by atoms with Crippen molar-refractivity contribution in [2.45, 2.75) is 49.8 Å². The van der Waals surface area contributed by atoms with E-state index in [2.05, 4.69) is 26.0 Å². The van der Waals surface area contributed by atoms with E-state index in [4.69, 9.17) is 0 Å². The summed E-state index contributed by atoms with van der Waals surface area (Å²) >= 11 is 3.17. The molecule has 0 radical (unpaired) electrons. The fourth-order valence-corrected chi connectivity index (χ4v) is 2.66. The lowest BCUT2D eigenvalue weighted by molar-refractivity contribution is -0.139. The van der Waals surface area contributed by atoms with Crippen LogP contribution < -0.4 is 5.32 Å². The van der Waals surface area contributed by atoms with Crippen LogP contribution in [-0.2, 0) is 14.3 Å². The number of halogens is 1. The molecule has 4 nitrogen and oxygen atoms in total. The molecule has 1 N–H and O–H groups in total. The number of methoxy groups -OCH3 is 1. The van der Waals surface area contributed by atoms with Gasteiger partial charge in [0.1, 0.15) is 4.83 Å². The number of alkyl halides is 1. The minimum Gasteiger partial charge on any atom is -0.468 e. The molecule has 0 bridgehead atoms. The van der Waals surface area contributed by atoms with E-state index >= 15 is 0 Å². The molecule has 0 saturated heterocycles. The number of rotatable bonds is 6. The molecule has 5 heteroatoms. The molecule has 1 saturated carbocycles. The van der Waals surface area contributed by atoms with Crippen LogP contribution in [0.3, 0.4) is 0 Å². The maximum Gasteiger partial charge on any atom is 0.321 e. The number of hydrogen-bond donors (Lipinski definition) is 1. The summed E-state index contributed by atoms with van der Waals surface area (Å²) in [6.45, 7) is 0.288. The lowest BCUT2D eigenvalue weighted by Gasteiger charge is -2.21. The molecule has 1 aliphatic rings. The minimum atomic E-state index is -0.457. The Balaban J connectivity index is 2.11. The number of carbonyl (C=O) groups excluding carboxylic acids is 2. The number of amides is 1. The fourth-order valence-electron chi connectivity index (χ4n) is 2.31. The van der Waals surface area contributed by atoms with Gasteiger partial charge in [0.25, 0.3) is 0 Å². The van der Waals surface area contributed by atoms with Crippen molar-refractivity contribution in [1.29, 1.82) is 0 Å². The van der Waals surface area contributed by atoms with Gasteiger partial charge in [0.05, 0.1) is 7.11 Å². The quantitative estimate of drug-likeness (QED) is 0.604. The topological polar surface area (TPSA) is 55.4 Å². The van der Waals surface area contributed by atoms with E-state index in [1.165, 1.54) is 39.2 Å². The van der Waals surface area contributed by atoms with Gasteiger partial charge in [0.2, 0.25) is 5.91 Å². The van der Waals surface area contributed by atoms with Gasteiger partial charge in [0.15, 0.2) is 0 Å². The zero-order chi connectivity index (χ0) is 13.4. The van der Waals surface area contributed by atoms with Gasteiger partial charge in [-0.15, -0.1) is 0 Å². The normalized spacial score (nSPS) is 18.1. The third kappa shape index (κ3) is 5.85. The maximum atomic E-state index is 11.6. The minimum absolute atomic E-state index is 0.0222. The second-order valence-corrected chi connectivity index (χ2v) is 5.94. The molecule has 1 aliphatic carbocycles. The third-order valence-electron chi connectivity index (χ3n) is 3.44. The summed E-state index contributed by atoms with van der Waals surface area (Å²) < 4.78 is 4.56. The van der Waals surface area contributed by atoms with Crippen LogP contribution in [0.4, 0.5) is 0 Å². The Morgan fingerprint density at radius 3 is 2.61 bits per heavy atom. The highest BCUT2D eigenvalue weighted by Crippen LogP contribution is 2.27. The van der Waals surface area contributed by atoms with Gasteiger partial charge in [-0.2, -0.15) is 0 Å². The number of esters is 1. The van der Waals surface area contributed by atoms with Gasteiger partial charge in [-0.1, -0.05) is 48.0 Å². The Hall–Kier alpha value is -0.580. The van der Waals surface area contributed by atoms with Crippen molar-refractivity contribution in [3.8, 4) is 0 Å². The molecule has 1 fully saturated rings. The van der Waals surface area contributed by atoms with E-state index in [1.807, 2.05) is 0 Å². The number of nitrogens with one attached hydrogen (secondary N) is 1. The van der Waals surface area contributed by atoms with Crippen LogP contribution in [0.25, 0.3) is 0 Å². The van der Waals surface area contributed by atoms with Crippen molar-refractivity contribution in [2.75, 3.05) is 13.7 Å². The zero-order valence-corrected chi connectivity index (χ0v) is 12.5. The predicted molar refractivity (Wildman–Crippen MR) is 73.5 cm³/mol. The van der Waals surface area contributed by atoms with Gasteiger partial charge in [-0.25, -0.2) is 0 Å². The highest BCUT2D eigenvalue weighted by atomic mass is 79.9. The first-order chi connectivity index (χ1) is 8.63. The molecule has 104 valence electrons. The monoisotopic (exact) mass is 319 g/mol. The van der Waals surface area contributed by atoms with E-state index in [0.717, 1.165) is 6.42 Å². The summed E-state index contributed by atoms with van der Waals surface area (Å²) in [5, 5.41) is 2.75. The molecule has 1 rings (SSSR count). The molecule has 0 aromatic heterocycles. The molecular formula is C13H22BrNO3. The smallest absolute Gasteiger partial charge is 0.321 e. The van der Waals surface area contributed by atoms with Crippen LogP contribution >= 0.6 is 15.9 Å². The van der Waals surface area contributed by atoms with E-state index in [9.17, 15) is 9.59 Å². The molecule has 0 spiro atoms. The summed E-state index contributed by atoms with van der Waals surface area (Å²) in [6, 6.07) is 0. The first-order valence-corrected chi connectivity index (χ1v) is 7.53. The van der Waals surface area contributed by atoms with Gasteiger partial charge >= 0.3 is 5.97 Å². The van der Waals surface area contributed by atoms with Crippen LogP contribution in [0.1, 0.15) is 44.9 Å². The molecular weight excluding hydrogens is 298 g/mol. The van der Waals surface area contributed by atoms with Crippen LogP contribution in [0.2, 0.25) is 0 Å². The van der Waals surface area contributed by atoms with E-state index in [1.54, 1.807) is 0 Å². The first kappa shape index (κ1) is 15.5.